The fourth-order valence-electron chi connectivity index (χ4n) is 3.90. The van der Waals surface area contributed by atoms with Crippen LogP contribution in [0.15, 0.2) is 54.6 Å². The van der Waals surface area contributed by atoms with Gasteiger partial charge < -0.3 is 5.32 Å². The summed E-state index contributed by atoms with van der Waals surface area (Å²) in [5.41, 5.74) is 3.21. The van der Waals surface area contributed by atoms with Crippen LogP contribution in [0.2, 0.25) is 0 Å². The van der Waals surface area contributed by atoms with E-state index in [9.17, 15) is 24.0 Å². The van der Waals surface area contributed by atoms with E-state index in [-0.39, 0.29) is 36.8 Å². The maximum atomic E-state index is 12.9. The Labute approximate surface area is 190 Å². The molecule has 0 bridgehead atoms. The molecular formula is C24H24N4O5. The van der Waals surface area contributed by atoms with Crippen molar-refractivity contribution in [2.45, 2.75) is 44.7 Å². The minimum Gasteiger partial charge on any atom is -0.322 e. The first-order valence-corrected chi connectivity index (χ1v) is 10.7. The summed E-state index contributed by atoms with van der Waals surface area (Å²) in [4.78, 5) is 62.7. The Morgan fingerprint density at radius 2 is 1.58 bits per heavy atom. The lowest BCUT2D eigenvalue weighted by Crippen LogP contribution is -2.48. The van der Waals surface area contributed by atoms with Crippen LogP contribution in [0.3, 0.4) is 0 Å². The summed E-state index contributed by atoms with van der Waals surface area (Å²) in [7, 11) is 0. The molecule has 0 aliphatic carbocycles. The molecule has 0 unspecified atom stereocenters. The number of carbonyl (C=O) groups is 5. The van der Waals surface area contributed by atoms with E-state index >= 15 is 0 Å². The number of carbonyl (C=O) groups excluding carboxylic acids is 5. The van der Waals surface area contributed by atoms with Gasteiger partial charge >= 0.3 is 6.03 Å². The predicted octanol–water partition coefficient (Wildman–Crippen LogP) is 1.92. The fraction of sp³-hybridized carbons (Fsp3) is 0.292. The summed E-state index contributed by atoms with van der Waals surface area (Å²) < 4.78 is 0. The molecule has 33 heavy (non-hydrogen) atoms. The van der Waals surface area contributed by atoms with Gasteiger partial charge in [0.15, 0.2) is 0 Å². The summed E-state index contributed by atoms with van der Waals surface area (Å²) in [5.74, 6) is -1.57. The van der Waals surface area contributed by atoms with Gasteiger partial charge in [-0.2, -0.15) is 5.01 Å². The molecule has 2 aliphatic rings. The molecule has 0 saturated carbocycles. The molecule has 2 aromatic rings. The average Bonchev–Trinajstić information content (AvgIpc) is 3.24. The molecule has 2 aromatic carbocycles. The number of hydrogen-bond donors (Lipinski definition) is 2. The van der Waals surface area contributed by atoms with Crippen LogP contribution in [0.5, 0.6) is 0 Å². The maximum Gasteiger partial charge on any atom is 0.344 e. The Balaban J connectivity index is 1.37. The molecular weight excluding hydrogens is 424 g/mol. The topological polar surface area (TPSA) is 116 Å². The first kappa shape index (κ1) is 22.2. The summed E-state index contributed by atoms with van der Waals surface area (Å²) in [5, 5.41) is 3.38. The number of nitrogens with zero attached hydrogens (tertiary/aromatic N) is 2. The number of urea groups is 1. The van der Waals surface area contributed by atoms with Gasteiger partial charge in [-0.1, -0.05) is 42.5 Å². The van der Waals surface area contributed by atoms with E-state index in [0.29, 0.717) is 23.4 Å². The molecule has 2 aliphatic heterocycles. The van der Waals surface area contributed by atoms with Gasteiger partial charge in [0.2, 0.25) is 11.8 Å². The van der Waals surface area contributed by atoms with Gasteiger partial charge in [-0.15, -0.1) is 0 Å². The lowest BCUT2D eigenvalue weighted by molar-refractivity contribution is -0.139. The first-order valence-electron chi connectivity index (χ1n) is 10.7. The second-order valence-electron chi connectivity index (χ2n) is 8.40. The van der Waals surface area contributed by atoms with Gasteiger partial charge in [0.25, 0.3) is 11.8 Å². The molecule has 2 N–H and O–H groups in total. The van der Waals surface area contributed by atoms with E-state index in [2.05, 4.69) is 10.7 Å². The van der Waals surface area contributed by atoms with E-state index in [1.807, 2.05) is 30.3 Å². The largest absolute Gasteiger partial charge is 0.344 e. The van der Waals surface area contributed by atoms with Crippen molar-refractivity contribution in [3.05, 3.63) is 71.3 Å². The van der Waals surface area contributed by atoms with E-state index in [1.54, 1.807) is 19.1 Å². The van der Waals surface area contributed by atoms with Crippen LogP contribution in [0.4, 0.5) is 4.79 Å². The zero-order chi connectivity index (χ0) is 23.6. The highest BCUT2D eigenvalue weighted by Crippen LogP contribution is 2.23. The van der Waals surface area contributed by atoms with Gasteiger partial charge in [-0.3, -0.25) is 29.5 Å². The van der Waals surface area contributed by atoms with Crippen molar-refractivity contribution < 1.29 is 24.0 Å². The lowest BCUT2D eigenvalue weighted by Gasteiger charge is -2.21. The van der Waals surface area contributed by atoms with Crippen LogP contribution < -0.4 is 10.7 Å². The minimum absolute atomic E-state index is 0.145. The van der Waals surface area contributed by atoms with Crippen LogP contribution in [0.25, 0.3) is 0 Å². The molecule has 1 atom stereocenters. The zero-order valence-corrected chi connectivity index (χ0v) is 18.2. The Kier molecular flexibility index (Phi) is 5.95. The van der Waals surface area contributed by atoms with Crippen LogP contribution >= 0.6 is 0 Å². The summed E-state index contributed by atoms with van der Waals surface area (Å²) in [6.45, 7) is 1.78. The highest BCUT2D eigenvalue weighted by atomic mass is 16.2. The number of nitrogens with one attached hydrogen (secondary N) is 2. The molecule has 0 spiro atoms. The second-order valence-corrected chi connectivity index (χ2v) is 8.40. The number of amides is 6. The third kappa shape index (κ3) is 4.62. The van der Waals surface area contributed by atoms with Crippen LogP contribution in [0.1, 0.15) is 47.7 Å². The Morgan fingerprint density at radius 3 is 2.21 bits per heavy atom. The number of hydrazine groups is 1. The van der Waals surface area contributed by atoms with Gasteiger partial charge in [-0.05, 0) is 43.0 Å². The minimum atomic E-state index is -1.13. The molecule has 2 fully saturated rings. The van der Waals surface area contributed by atoms with Crippen molar-refractivity contribution >= 4 is 29.7 Å². The normalized spacial score (nSPS) is 20.4. The molecule has 9 nitrogen and oxygen atoms in total. The van der Waals surface area contributed by atoms with Crippen molar-refractivity contribution in [1.82, 2.24) is 20.7 Å². The van der Waals surface area contributed by atoms with Gasteiger partial charge in [0, 0.05) is 18.4 Å². The monoisotopic (exact) mass is 448 g/mol. The summed E-state index contributed by atoms with van der Waals surface area (Å²) in [6, 6.07) is 15.2. The fourth-order valence-corrected chi connectivity index (χ4v) is 3.90. The maximum absolute atomic E-state index is 12.9. The highest BCUT2D eigenvalue weighted by molar-refractivity contribution is 6.09. The summed E-state index contributed by atoms with van der Waals surface area (Å²) >= 11 is 0. The molecule has 170 valence electrons. The Hall–Kier alpha value is -4.01. The second kappa shape index (κ2) is 8.85. The van der Waals surface area contributed by atoms with Crippen LogP contribution in [-0.2, 0) is 27.3 Å². The van der Waals surface area contributed by atoms with Crippen molar-refractivity contribution in [3.63, 3.8) is 0 Å². The highest BCUT2D eigenvalue weighted by Gasteiger charge is 2.48. The average molecular weight is 448 g/mol. The summed E-state index contributed by atoms with van der Waals surface area (Å²) in [6.07, 6.45) is 1.41. The number of benzene rings is 2. The standard InChI is InChI=1S/C24H24N4O5/c1-24(14-13-16-5-3-2-4-6-16)22(32)28(23(33)25-24)26-21(31)18-9-7-17(8-10-18)15-27-19(29)11-12-20(27)30/h2-10H,11-15H2,1H3,(H,25,33)(H,26,31)/t24-/m0/s1. The zero-order valence-electron chi connectivity index (χ0n) is 18.2. The number of imide groups is 2. The van der Waals surface area contributed by atoms with E-state index in [1.165, 1.54) is 17.0 Å². The number of rotatable bonds is 7. The lowest BCUT2D eigenvalue weighted by atomic mass is 9.93. The number of likely N-dealkylation sites (tertiary alicyclic amines) is 1. The van der Waals surface area contributed by atoms with Crippen LogP contribution in [-0.4, -0.2) is 45.1 Å². The van der Waals surface area contributed by atoms with Crippen molar-refractivity contribution in [1.29, 1.82) is 0 Å². The Bertz CT molecular complexity index is 1100. The van der Waals surface area contributed by atoms with Gasteiger partial charge in [0.05, 0.1) is 6.54 Å². The van der Waals surface area contributed by atoms with E-state index in [0.717, 1.165) is 5.56 Å². The number of aryl methyl sites for hydroxylation is 1. The van der Waals surface area contributed by atoms with Crippen molar-refractivity contribution in [2.75, 3.05) is 0 Å². The third-order valence-corrected chi connectivity index (χ3v) is 5.94. The van der Waals surface area contributed by atoms with Crippen LogP contribution in [0, 0.1) is 0 Å². The molecule has 0 aromatic heterocycles. The van der Waals surface area contributed by atoms with Crippen molar-refractivity contribution in [3.8, 4) is 0 Å². The van der Waals surface area contributed by atoms with E-state index < -0.39 is 23.4 Å². The quantitative estimate of drug-likeness (QED) is 0.496. The first-order chi connectivity index (χ1) is 15.8. The third-order valence-electron chi connectivity index (χ3n) is 5.94. The van der Waals surface area contributed by atoms with Crippen molar-refractivity contribution in [2.24, 2.45) is 0 Å². The molecule has 4 rings (SSSR count). The van der Waals surface area contributed by atoms with E-state index in [4.69, 9.17) is 0 Å². The smallest absolute Gasteiger partial charge is 0.322 e. The molecule has 2 saturated heterocycles. The number of hydrogen-bond acceptors (Lipinski definition) is 5. The molecule has 9 heteroatoms. The molecule has 0 radical (unpaired) electrons. The van der Waals surface area contributed by atoms with Gasteiger partial charge in [0.1, 0.15) is 5.54 Å². The SMILES string of the molecule is C[C@@]1(CCc2ccccc2)NC(=O)N(NC(=O)c2ccc(CN3C(=O)CCC3=O)cc2)C1=O. The Morgan fingerprint density at radius 1 is 0.939 bits per heavy atom. The molecule has 2 heterocycles. The predicted molar refractivity (Wildman–Crippen MR) is 117 cm³/mol. The molecule has 6 amide bonds. The van der Waals surface area contributed by atoms with Gasteiger partial charge in [-0.25, -0.2) is 4.79 Å².